The molecule has 0 radical (unpaired) electrons. The van der Waals surface area contributed by atoms with Crippen LogP contribution in [0.4, 0.5) is 23.3 Å². The van der Waals surface area contributed by atoms with Gasteiger partial charge in [0.1, 0.15) is 0 Å². The summed E-state index contributed by atoms with van der Waals surface area (Å²) in [6.07, 6.45) is 8.68. The summed E-state index contributed by atoms with van der Waals surface area (Å²) in [6, 6.07) is 19.1. The molecule has 5 aromatic rings. The zero-order chi connectivity index (χ0) is 25.5. The third kappa shape index (κ3) is 6.06. The van der Waals surface area contributed by atoms with E-state index in [1.807, 2.05) is 68.4 Å². The second kappa shape index (κ2) is 11.0. The van der Waals surface area contributed by atoms with Gasteiger partial charge in [-0.1, -0.05) is 6.07 Å². The van der Waals surface area contributed by atoms with Crippen LogP contribution in [0.1, 0.15) is 25.0 Å². The number of hydrogen-bond acceptors (Lipinski definition) is 10. The molecular formula is C27H24N10. The van der Waals surface area contributed by atoms with Crippen LogP contribution in [0, 0.1) is 0 Å². The molecule has 0 atom stereocenters. The fourth-order valence-electron chi connectivity index (χ4n) is 3.50. The number of hydrazone groups is 2. The predicted octanol–water partition coefficient (Wildman–Crippen LogP) is 5.23. The van der Waals surface area contributed by atoms with Crippen molar-refractivity contribution < 1.29 is 0 Å². The molecule has 0 saturated heterocycles. The van der Waals surface area contributed by atoms with Crippen molar-refractivity contribution in [2.24, 2.45) is 10.2 Å². The minimum absolute atomic E-state index is 0.379. The van der Waals surface area contributed by atoms with Crippen LogP contribution in [0.15, 0.2) is 102 Å². The maximum absolute atomic E-state index is 4.59. The molecule has 0 aliphatic heterocycles. The number of nitrogens with zero attached hydrogens (tertiary/aromatic N) is 7. The van der Waals surface area contributed by atoms with Gasteiger partial charge in [0.15, 0.2) is 11.6 Å². The van der Waals surface area contributed by atoms with Crippen molar-refractivity contribution in [3.05, 3.63) is 103 Å². The largest absolute Gasteiger partial charge is 0.324 e. The van der Waals surface area contributed by atoms with Gasteiger partial charge in [0.2, 0.25) is 5.95 Å². The van der Waals surface area contributed by atoms with Crippen molar-refractivity contribution in [3.63, 3.8) is 0 Å². The van der Waals surface area contributed by atoms with Gasteiger partial charge < -0.3 is 5.32 Å². The van der Waals surface area contributed by atoms with Gasteiger partial charge in [0, 0.05) is 59.3 Å². The minimum atomic E-state index is 0.379. The lowest BCUT2D eigenvalue weighted by Gasteiger charge is -2.11. The number of fused-ring (bicyclic) bond motifs is 1. The lowest BCUT2D eigenvalue weighted by molar-refractivity contribution is 1.12. The normalized spacial score (nSPS) is 11.8. The molecule has 0 saturated carbocycles. The van der Waals surface area contributed by atoms with Crippen LogP contribution < -0.4 is 16.2 Å². The van der Waals surface area contributed by atoms with E-state index in [4.69, 9.17) is 0 Å². The first kappa shape index (κ1) is 23.5. The van der Waals surface area contributed by atoms with Gasteiger partial charge in [-0.2, -0.15) is 20.2 Å². The smallest absolute Gasteiger partial charge is 0.231 e. The van der Waals surface area contributed by atoms with Crippen LogP contribution in [0.5, 0.6) is 0 Å². The van der Waals surface area contributed by atoms with Crippen molar-refractivity contribution in [2.45, 2.75) is 13.8 Å². The first-order valence-corrected chi connectivity index (χ1v) is 11.6. The van der Waals surface area contributed by atoms with Gasteiger partial charge in [0.05, 0.1) is 16.9 Å². The quantitative estimate of drug-likeness (QED) is 0.200. The highest BCUT2D eigenvalue weighted by Crippen LogP contribution is 2.22. The van der Waals surface area contributed by atoms with E-state index < -0.39 is 0 Å². The van der Waals surface area contributed by atoms with E-state index in [2.05, 4.69) is 51.3 Å². The summed E-state index contributed by atoms with van der Waals surface area (Å²) in [5.41, 5.74) is 11.3. The van der Waals surface area contributed by atoms with Crippen LogP contribution in [-0.4, -0.2) is 36.3 Å². The molecule has 0 aliphatic carbocycles. The Morgan fingerprint density at radius 1 is 0.676 bits per heavy atom. The second-order valence-electron chi connectivity index (χ2n) is 8.09. The molecule has 1 aromatic carbocycles. The number of pyridine rings is 3. The van der Waals surface area contributed by atoms with E-state index in [0.29, 0.717) is 17.6 Å². The molecule has 3 N–H and O–H groups in total. The van der Waals surface area contributed by atoms with Crippen LogP contribution in [0.25, 0.3) is 10.9 Å². The Hall–Kier alpha value is -5.25. The molecule has 4 heterocycles. The van der Waals surface area contributed by atoms with E-state index in [0.717, 1.165) is 39.1 Å². The fraction of sp³-hybridized carbons (Fsp3) is 0.0741. The number of nitrogens with one attached hydrogen (secondary N) is 3. The Morgan fingerprint density at radius 3 is 1.86 bits per heavy atom. The molecule has 0 spiro atoms. The molecule has 37 heavy (non-hydrogen) atoms. The molecule has 5 rings (SSSR count). The first-order valence-electron chi connectivity index (χ1n) is 11.6. The molecule has 0 unspecified atom stereocenters. The number of rotatable bonds is 8. The molecule has 0 aliphatic rings. The maximum atomic E-state index is 4.59. The third-order valence-corrected chi connectivity index (χ3v) is 5.46. The Bertz CT molecular complexity index is 1490. The first-order chi connectivity index (χ1) is 18.1. The third-order valence-electron chi connectivity index (χ3n) is 5.46. The molecule has 0 amide bonds. The van der Waals surface area contributed by atoms with Crippen LogP contribution >= 0.6 is 0 Å². The topological polar surface area (TPSA) is 125 Å². The van der Waals surface area contributed by atoms with E-state index in [-0.39, 0.29) is 0 Å². The van der Waals surface area contributed by atoms with Gasteiger partial charge in [-0.3, -0.25) is 25.8 Å². The number of aromatic nitrogens is 5. The maximum Gasteiger partial charge on any atom is 0.231 e. The molecule has 0 fully saturated rings. The van der Waals surface area contributed by atoms with Gasteiger partial charge in [0.25, 0.3) is 0 Å². The molecule has 4 aromatic heterocycles. The van der Waals surface area contributed by atoms with E-state index in [1.54, 1.807) is 37.1 Å². The predicted molar refractivity (Wildman–Crippen MR) is 147 cm³/mol. The molecule has 182 valence electrons. The van der Waals surface area contributed by atoms with E-state index in [9.17, 15) is 0 Å². The SMILES string of the molecule is CC(=NNc1cc(NN=C(C)c2ccncc2)nc(Nc2ccc3ncccc3c2)n1)c1ccncc1. The summed E-state index contributed by atoms with van der Waals surface area (Å²) in [5, 5.41) is 13.2. The second-order valence-corrected chi connectivity index (χ2v) is 8.09. The summed E-state index contributed by atoms with van der Waals surface area (Å²) in [7, 11) is 0. The highest BCUT2D eigenvalue weighted by atomic mass is 15.4. The van der Waals surface area contributed by atoms with Crippen molar-refractivity contribution in [3.8, 4) is 0 Å². The van der Waals surface area contributed by atoms with Gasteiger partial charge in [-0.15, -0.1) is 0 Å². The standard InChI is InChI=1S/C27H24N10/c1-18(20-7-12-28-13-8-20)34-36-25-17-26(37-35-19(2)21-9-14-29-15-10-21)33-27(32-25)31-23-5-6-24-22(16-23)4-3-11-30-24/h3-17H,1-2H3,(H3,31,32,33,36,37). The summed E-state index contributed by atoms with van der Waals surface area (Å²) in [5.74, 6) is 1.37. The Morgan fingerprint density at radius 2 is 1.27 bits per heavy atom. The van der Waals surface area contributed by atoms with E-state index >= 15 is 0 Å². The Labute approximate surface area is 213 Å². The molecule has 10 nitrogen and oxygen atoms in total. The molecule has 0 bridgehead atoms. The van der Waals surface area contributed by atoms with Gasteiger partial charge in [-0.25, -0.2) is 0 Å². The highest BCUT2D eigenvalue weighted by Gasteiger charge is 2.07. The van der Waals surface area contributed by atoms with Crippen LogP contribution in [0.3, 0.4) is 0 Å². The number of benzene rings is 1. The minimum Gasteiger partial charge on any atom is -0.324 e. The fourth-order valence-corrected chi connectivity index (χ4v) is 3.50. The van der Waals surface area contributed by atoms with Crippen molar-refractivity contribution in [1.82, 2.24) is 24.9 Å². The van der Waals surface area contributed by atoms with Crippen molar-refractivity contribution in [1.29, 1.82) is 0 Å². The summed E-state index contributed by atoms with van der Waals surface area (Å²) in [6.45, 7) is 3.82. The Balaban J connectivity index is 1.43. The van der Waals surface area contributed by atoms with Crippen molar-refractivity contribution >= 4 is 45.6 Å². The lowest BCUT2D eigenvalue weighted by Crippen LogP contribution is -2.06. The van der Waals surface area contributed by atoms with Crippen LogP contribution in [0.2, 0.25) is 0 Å². The van der Waals surface area contributed by atoms with E-state index in [1.165, 1.54) is 0 Å². The summed E-state index contributed by atoms with van der Waals surface area (Å²) >= 11 is 0. The van der Waals surface area contributed by atoms with Gasteiger partial charge >= 0.3 is 0 Å². The zero-order valence-electron chi connectivity index (χ0n) is 20.3. The zero-order valence-corrected chi connectivity index (χ0v) is 20.3. The number of anilines is 4. The average Bonchev–Trinajstić information content (AvgIpc) is 2.95. The monoisotopic (exact) mass is 488 g/mol. The summed E-state index contributed by atoms with van der Waals surface area (Å²) < 4.78 is 0. The average molecular weight is 489 g/mol. The Kier molecular flexibility index (Phi) is 6.98. The molecular weight excluding hydrogens is 464 g/mol. The summed E-state index contributed by atoms with van der Waals surface area (Å²) in [4.78, 5) is 21.7. The van der Waals surface area contributed by atoms with Crippen LogP contribution in [-0.2, 0) is 0 Å². The van der Waals surface area contributed by atoms with Gasteiger partial charge in [-0.05, 0) is 62.4 Å². The van der Waals surface area contributed by atoms with Crippen molar-refractivity contribution in [2.75, 3.05) is 16.2 Å². The molecule has 10 heteroatoms. The number of hydrogen-bond donors (Lipinski definition) is 3. The highest BCUT2D eigenvalue weighted by molar-refractivity contribution is 5.99. The lowest BCUT2D eigenvalue weighted by atomic mass is 10.2.